The third-order valence-corrected chi connectivity index (χ3v) is 1.55. The highest BCUT2D eigenvalue weighted by Gasteiger charge is 2.25. The molecule has 2 N–H and O–H groups in total. The Hall–Kier alpha value is -1.56. The summed E-state index contributed by atoms with van der Waals surface area (Å²) in [5.41, 5.74) is 2.33. The van der Waals surface area contributed by atoms with E-state index in [-0.39, 0.29) is 12.3 Å². The van der Waals surface area contributed by atoms with Gasteiger partial charge in [0, 0.05) is 6.54 Å². The first-order valence-corrected chi connectivity index (χ1v) is 3.57. The van der Waals surface area contributed by atoms with Gasteiger partial charge in [-0.1, -0.05) is 0 Å². The Kier molecular flexibility index (Phi) is 2.86. The van der Waals surface area contributed by atoms with Crippen LogP contribution in [0.3, 0.4) is 0 Å². The minimum absolute atomic E-state index is 0.212. The number of hydroxylamine groups is 1. The zero-order chi connectivity index (χ0) is 9.84. The van der Waals surface area contributed by atoms with Crippen LogP contribution in [0.1, 0.15) is 0 Å². The van der Waals surface area contributed by atoms with E-state index >= 15 is 0 Å². The van der Waals surface area contributed by atoms with E-state index in [2.05, 4.69) is 15.1 Å². The zero-order valence-electron chi connectivity index (χ0n) is 6.94. The molecule has 0 spiro atoms. The van der Waals surface area contributed by atoms with Gasteiger partial charge >= 0.3 is 11.9 Å². The van der Waals surface area contributed by atoms with Crippen LogP contribution in [0.15, 0.2) is 11.8 Å². The number of rotatable bonds is 2. The van der Waals surface area contributed by atoms with E-state index in [1.54, 1.807) is 0 Å². The molecular weight excluding hydrogens is 178 g/mol. The minimum atomic E-state index is -1.22. The first kappa shape index (κ1) is 9.53. The van der Waals surface area contributed by atoms with Gasteiger partial charge in [0.15, 0.2) is 0 Å². The highest BCUT2D eigenvalue weighted by Crippen LogP contribution is 2.10. The van der Waals surface area contributed by atoms with Crippen LogP contribution in [0, 0.1) is 5.92 Å². The summed E-state index contributed by atoms with van der Waals surface area (Å²) in [6.07, 6.45) is 1.21. The van der Waals surface area contributed by atoms with Crippen LogP contribution in [-0.2, 0) is 19.2 Å². The van der Waals surface area contributed by atoms with Gasteiger partial charge in [-0.3, -0.25) is 4.79 Å². The SMILES string of the molecule is COC(=O)C1C=C(C(=O)O)ONC1. The Morgan fingerprint density at radius 1 is 1.77 bits per heavy atom. The fourth-order valence-corrected chi connectivity index (χ4v) is 0.903. The second-order valence-electron chi connectivity index (χ2n) is 2.42. The third-order valence-electron chi connectivity index (χ3n) is 1.55. The van der Waals surface area contributed by atoms with E-state index in [4.69, 9.17) is 5.11 Å². The number of carboxylic acid groups (broad SMARTS) is 1. The van der Waals surface area contributed by atoms with Crippen molar-refractivity contribution in [3.8, 4) is 0 Å². The summed E-state index contributed by atoms with van der Waals surface area (Å²) < 4.78 is 4.45. The van der Waals surface area contributed by atoms with Crippen LogP contribution < -0.4 is 5.48 Å². The molecule has 0 saturated heterocycles. The number of hydrogen-bond donors (Lipinski definition) is 2. The summed E-state index contributed by atoms with van der Waals surface area (Å²) in [5.74, 6) is -2.61. The van der Waals surface area contributed by atoms with Crippen LogP contribution in [-0.4, -0.2) is 30.7 Å². The van der Waals surface area contributed by atoms with E-state index in [1.165, 1.54) is 13.2 Å². The maximum Gasteiger partial charge on any atom is 0.373 e. The molecule has 6 heteroatoms. The topological polar surface area (TPSA) is 84.9 Å². The fourth-order valence-electron chi connectivity index (χ4n) is 0.903. The number of carbonyl (C=O) groups excluding carboxylic acids is 1. The number of ether oxygens (including phenoxy) is 1. The van der Waals surface area contributed by atoms with Crippen molar-refractivity contribution in [3.05, 3.63) is 11.8 Å². The van der Waals surface area contributed by atoms with E-state index in [0.717, 1.165) is 0 Å². The molecule has 1 aliphatic rings. The highest BCUT2D eigenvalue weighted by molar-refractivity contribution is 5.86. The average molecular weight is 187 g/mol. The molecule has 1 heterocycles. The smallest absolute Gasteiger partial charge is 0.373 e. The molecule has 0 aromatic carbocycles. The summed E-state index contributed by atoms with van der Waals surface area (Å²) in [4.78, 5) is 26.0. The van der Waals surface area contributed by atoms with E-state index in [0.29, 0.717) is 0 Å². The predicted molar refractivity (Wildman–Crippen MR) is 40.3 cm³/mol. The van der Waals surface area contributed by atoms with Crippen LogP contribution in [0.4, 0.5) is 0 Å². The standard InChI is InChI=1S/C7H9NO5/c1-12-7(11)4-2-5(6(9)10)13-8-3-4/h2,4,8H,3H2,1H3,(H,9,10). The van der Waals surface area contributed by atoms with Gasteiger partial charge in [0.1, 0.15) is 0 Å². The summed E-state index contributed by atoms with van der Waals surface area (Å²) in [7, 11) is 1.24. The Morgan fingerprint density at radius 2 is 2.46 bits per heavy atom. The normalized spacial score (nSPS) is 21.3. The van der Waals surface area contributed by atoms with Gasteiger partial charge in [0.05, 0.1) is 13.0 Å². The second kappa shape index (κ2) is 3.90. The number of carboxylic acids is 1. The van der Waals surface area contributed by atoms with E-state index in [9.17, 15) is 9.59 Å². The lowest BCUT2D eigenvalue weighted by atomic mass is 10.1. The number of hydrogen-bond acceptors (Lipinski definition) is 5. The molecule has 1 atom stereocenters. The van der Waals surface area contributed by atoms with E-state index < -0.39 is 17.9 Å². The molecule has 0 radical (unpaired) electrons. The van der Waals surface area contributed by atoms with Gasteiger partial charge in [0.25, 0.3) is 0 Å². The molecule has 0 saturated carbocycles. The largest absolute Gasteiger partial charge is 0.475 e. The summed E-state index contributed by atoms with van der Waals surface area (Å²) >= 11 is 0. The molecule has 0 fully saturated rings. The van der Waals surface area contributed by atoms with Crippen molar-refractivity contribution in [1.29, 1.82) is 0 Å². The van der Waals surface area contributed by atoms with Crippen molar-refractivity contribution >= 4 is 11.9 Å². The molecule has 1 rings (SSSR count). The van der Waals surface area contributed by atoms with Gasteiger partial charge in [-0.2, -0.15) is 5.48 Å². The lowest BCUT2D eigenvalue weighted by Crippen LogP contribution is -2.34. The molecule has 0 aliphatic carbocycles. The summed E-state index contributed by atoms with van der Waals surface area (Å²) in [6, 6.07) is 0. The van der Waals surface area contributed by atoms with Crippen molar-refractivity contribution in [2.75, 3.05) is 13.7 Å². The molecular formula is C7H9NO5. The second-order valence-corrected chi connectivity index (χ2v) is 2.42. The molecule has 0 amide bonds. The predicted octanol–water partition coefficient (Wildman–Crippen LogP) is -0.721. The molecule has 0 aromatic heterocycles. The number of nitrogens with one attached hydrogen (secondary N) is 1. The number of carbonyl (C=O) groups is 2. The van der Waals surface area contributed by atoms with Crippen LogP contribution in [0.5, 0.6) is 0 Å². The molecule has 0 aromatic rings. The Morgan fingerprint density at radius 3 is 3.00 bits per heavy atom. The van der Waals surface area contributed by atoms with Crippen molar-refractivity contribution in [1.82, 2.24) is 5.48 Å². The number of esters is 1. The van der Waals surface area contributed by atoms with Crippen LogP contribution >= 0.6 is 0 Å². The van der Waals surface area contributed by atoms with Gasteiger partial charge in [-0.15, -0.1) is 0 Å². The molecule has 0 bridgehead atoms. The van der Waals surface area contributed by atoms with Gasteiger partial charge in [-0.25, -0.2) is 4.79 Å². The lowest BCUT2D eigenvalue weighted by molar-refractivity contribution is -0.146. The Bertz CT molecular complexity index is 260. The molecule has 1 aliphatic heterocycles. The van der Waals surface area contributed by atoms with Crippen molar-refractivity contribution < 1.29 is 24.3 Å². The summed E-state index contributed by atoms with van der Waals surface area (Å²) in [6.45, 7) is 0.212. The van der Waals surface area contributed by atoms with Gasteiger partial charge in [0.2, 0.25) is 5.76 Å². The van der Waals surface area contributed by atoms with Gasteiger partial charge in [-0.05, 0) is 6.08 Å². The first-order chi connectivity index (χ1) is 6.15. The molecule has 1 unspecified atom stereocenters. The van der Waals surface area contributed by atoms with Crippen molar-refractivity contribution in [2.45, 2.75) is 0 Å². The van der Waals surface area contributed by atoms with E-state index in [1.807, 2.05) is 0 Å². The average Bonchev–Trinajstić information content (AvgIpc) is 2.17. The fraction of sp³-hybridized carbons (Fsp3) is 0.429. The molecule has 6 nitrogen and oxygen atoms in total. The maximum atomic E-state index is 11.0. The van der Waals surface area contributed by atoms with Crippen molar-refractivity contribution in [2.24, 2.45) is 5.92 Å². The maximum absolute atomic E-state index is 11.0. The first-order valence-electron chi connectivity index (χ1n) is 3.57. The monoisotopic (exact) mass is 187 g/mol. The Balaban J connectivity index is 2.73. The summed E-state index contributed by atoms with van der Waals surface area (Å²) in [5, 5.41) is 8.53. The van der Waals surface area contributed by atoms with Gasteiger partial charge < -0.3 is 14.7 Å². The third kappa shape index (κ3) is 2.19. The molecule has 13 heavy (non-hydrogen) atoms. The quantitative estimate of drug-likeness (QED) is 0.555. The highest BCUT2D eigenvalue weighted by atomic mass is 16.7. The van der Waals surface area contributed by atoms with Crippen LogP contribution in [0.2, 0.25) is 0 Å². The minimum Gasteiger partial charge on any atom is -0.475 e. The Labute approximate surface area is 74.1 Å². The molecule has 72 valence electrons. The zero-order valence-corrected chi connectivity index (χ0v) is 6.94. The lowest BCUT2D eigenvalue weighted by Gasteiger charge is -2.18. The number of aliphatic carboxylic acids is 1. The number of methoxy groups -OCH3 is 1. The van der Waals surface area contributed by atoms with Crippen molar-refractivity contribution in [3.63, 3.8) is 0 Å². The van der Waals surface area contributed by atoms with Crippen LogP contribution in [0.25, 0.3) is 0 Å².